The second-order valence-electron chi connectivity index (χ2n) is 4.05. The molecule has 108 valence electrons. The van der Waals surface area contributed by atoms with Gasteiger partial charge in [0.15, 0.2) is 5.82 Å². The summed E-state index contributed by atoms with van der Waals surface area (Å²) >= 11 is 0. The first-order valence-corrected chi connectivity index (χ1v) is 6.28. The Balaban J connectivity index is 2.05. The van der Waals surface area contributed by atoms with Gasteiger partial charge in [-0.1, -0.05) is 0 Å². The minimum absolute atomic E-state index is 0.332. The van der Waals surface area contributed by atoms with E-state index in [1.165, 1.54) is 0 Å². The molecule has 0 aliphatic rings. The Kier molecular flexibility index (Phi) is 4.85. The van der Waals surface area contributed by atoms with E-state index in [9.17, 15) is 0 Å². The molecule has 0 saturated carbocycles. The maximum atomic E-state index is 5.39. The van der Waals surface area contributed by atoms with Crippen molar-refractivity contribution >= 4 is 11.6 Å². The number of hydrazine groups is 1. The topological polar surface area (TPSA) is 111 Å². The second kappa shape index (κ2) is 6.83. The molecule has 0 radical (unpaired) electrons. The molecular formula is C12H18N6O2. The summed E-state index contributed by atoms with van der Waals surface area (Å²) in [6.07, 6.45) is 1.67. The molecule has 0 fully saturated rings. The molecule has 0 bridgehead atoms. The standard InChI is InChI=1S/C12H18N6O2/c1-3-19-7-11-16-9(4-10(17-11)18-13)14-6-12-15-5-8(2)20-12/h4-5H,3,6-7,13H2,1-2H3,(H2,14,16,17,18). The zero-order valence-electron chi connectivity index (χ0n) is 11.5. The van der Waals surface area contributed by atoms with Crippen molar-refractivity contribution in [1.82, 2.24) is 15.0 Å². The predicted octanol–water partition coefficient (Wildman–Crippen LogP) is 1.21. The van der Waals surface area contributed by atoms with Gasteiger partial charge in [0.25, 0.3) is 0 Å². The molecule has 20 heavy (non-hydrogen) atoms. The van der Waals surface area contributed by atoms with Gasteiger partial charge >= 0.3 is 0 Å². The second-order valence-corrected chi connectivity index (χ2v) is 4.05. The van der Waals surface area contributed by atoms with Crippen molar-refractivity contribution in [1.29, 1.82) is 0 Å². The first-order chi connectivity index (χ1) is 9.71. The number of rotatable bonds is 7. The Bertz CT molecular complexity index is 557. The normalized spacial score (nSPS) is 10.6. The van der Waals surface area contributed by atoms with E-state index in [-0.39, 0.29) is 0 Å². The van der Waals surface area contributed by atoms with Crippen molar-refractivity contribution < 1.29 is 9.15 Å². The Hall–Kier alpha value is -2.19. The van der Waals surface area contributed by atoms with Gasteiger partial charge in [0, 0.05) is 12.7 Å². The largest absolute Gasteiger partial charge is 0.444 e. The number of nitrogens with zero attached hydrogens (tertiary/aromatic N) is 3. The van der Waals surface area contributed by atoms with E-state index in [4.69, 9.17) is 15.0 Å². The van der Waals surface area contributed by atoms with Gasteiger partial charge in [-0.05, 0) is 13.8 Å². The van der Waals surface area contributed by atoms with E-state index in [2.05, 4.69) is 25.7 Å². The summed E-state index contributed by atoms with van der Waals surface area (Å²) in [5.41, 5.74) is 2.50. The molecular weight excluding hydrogens is 260 g/mol. The van der Waals surface area contributed by atoms with E-state index in [0.717, 1.165) is 5.76 Å². The van der Waals surface area contributed by atoms with Crippen LogP contribution in [0.5, 0.6) is 0 Å². The number of aromatic nitrogens is 3. The average Bonchev–Trinajstić information content (AvgIpc) is 2.88. The lowest BCUT2D eigenvalue weighted by molar-refractivity contribution is 0.128. The molecule has 2 heterocycles. The van der Waals surface area contributed by atoms with Crippen LogP contribution in [0, 0.1) is 6.92 Å². The van der Waals surface area contributed by atoms with E-state index in [1.807, 2.05) is 13.8 Å². The highest BCUT2D eigenvalue weighted by Crippen LogP contribution is 2.12. The summed E-state index contributed by atoms with van der Waals surface area (Å²) in [7, 11) is 0. The van der Waals surface area contributed by atoms with Crippen LogP contribution < -0.4 is 16.6 Å². The fraction of sp³-hybridized carbons (Fsp3) is 0.417. The molecule has 8 heteroatoms. The summed E-state index contributed by atoms with van der Waals surface area (Å²) < 4.78 is 10.7. The van der Waals surface area contributed by atoms with Crippen LogP contribution >= 0.6 is 0 Å². The van der Waals surface area contributed by atoms with Gasteiger partial charge in [-0.25, -0.2) is 20.8 Å². The molecule has 4 N–H and O–H groups in total. The number of nitrogen functional groups attached to an aromatic ring is 1. The molecule has 0 spiro atoms. The Labute approximate surface area is 116 Å². The van der Waals surface area contributed by atoms with Crippen LogP contribution in [-0.2, 0) is 17.9 Å². The molecule has 0 aromatic carbocycles. The van der Waals surface area contributed by atoms with Crippen LogP contribution in [0.25, 0.3) is 0 Å². The van der Waals surface area contributed by atoms with Gasteiger partial charge in [0.05, 0.1) is 12.7 Å². The van der Waals surface area contributed by atoms with Crippen molar-refractivity contribution in [3.8, 4) is 0 Å². The molecule has 0 saturated heterocycles. The molecule has 2 aromatic rings. The van der Waals surface area contributed by atoms with Crippen LogP contribution in [-0.4, -0.2) is 21.6 Å². The van der Waals surface area contributed by atoms with Crippen LogP contribution in [0.1, 0.15) is 24.4 Å². The van der Waals surface area contributed by atoms with Crippen molar-refractivity contribution in [2.24, 2.45) is 5.84 Å². The summed E-state index contributed by atoms with van der Waals surface area (Å²) in [6.45, 7) is 5.12. The Morgan fingerprint density at radius 1 is 1.35 bits per heavy atom. The first-order valence-electron chi connectivity index (χ1n) is 6.28. The fourth-order valence-electron chi connectivity index (χ4n) is 1.57. The summed E-state index contributed by atoms with van der Waals surface area (Å²) in [6, 6.07) is 1.70. The summed E-state index contributed by atoms with van der Waals surface area (Å²) in [4.78, 5) is 12.6. The van der Waals surface area contributed by atoms with Gasteiger partial charge in [-0.15, -0.1) is 0 Å². The minimum Gasteiger partial charge on any atom is -0.444 e. The lowest BCUT2D eigenvalue weighted by Gasteiger charge is -2.08. The van der Waals surface area contributed by atoms with E-state index in [1.54, 1.807) is 12.3 Å². The third-order valence-corrected chi connectivity index (χ3v) is 2.45. The number of ether oxygens (including phenoxy) is 1. The van der Waals surface area contributed by atoms with Gasteiger partial charge in [0.2, 0.25) is 5.89 Å². The number of anilines is 2. The number of hydrogen-bond acceptors (Lipinski definition) is 8. The van der Waals surface area contributed by atoms with E-state index < -0.39 is 0 Å². The zero-order chi connectivity index (χ0) is 14.4. The zero-order valence-corrected chi connectivity index (χ0v) is 11.5. The fourth-order valence-corrected chi connectivity index (χ4v) is 1.57. The van der Waals surface area contributed by atoms with Crippen LogP contribution in [0.2, 0.25) is 0 Å². The monoisotopic (exact) mass is 278 g/mol. The number of nitrogens with two attached hydrogens (primary N) is 1. The summed E-state index contributed by atoms with van der Waals surface area (Å²) in [5, 5.41) is 3.11. The number of oxazole rings is 1. The molecule has 0 aliphatic heterocycles. The molecule has 0 aliphatic carbocycles. The SMILES string of the molecule is CCOCc1nc(NN)cc(NCc2ncc(C)o2)n1. The smallest absolute Gasteiger partial charge is 0.213 e. The Morgan fingerprint density at radius 3 is 2.80 bits per heavy atom. The highest BCUT2D eigenvalue weighted by molar-refractivity contribution is 5.46. The number of nitrogens with one attached hydrogen (secondary N) is 2. The number of aryl methyl sites for hydroxylation is 1. The highest BCUT2D eigenvalue weighted by atomic mass is 16.5. The maximum absolute atomic E-state index is 5.39. The predicted molar refractivity (Wildman–Crippen MR) is 73.7 cm³/mol. The van der Waals surface area contributed by atoms with Gasteiger partial charge in [0.1, 0.15) is 24.0 Å². The minimum atomic E-state index is 0.332. The average molecular weight is 278 g/mol. The third-order valence-electron chi connectivity index (χ3n) is 2.45. The van der Waals surface area contributed by atoms with Crippen molar-refractivity contribution in [2.45, 2.75) is 27.0 Å². The first kappa shape index (κ1) is 14.2. The van der Waals surface area contributed by atoms with Crippen molar-refractivity contribution in [3.05, 3.63) is 29.7 Å². The molecule has 2 aromatic heterocycles. The van der Waals surface area contributed by atoms with Gasteiger partial charge in [-0.2, -0.15) is 0 Å². The van der Waals surface area contributed by atoms with Crippen LogP contribution in [0.3, 0.4) is 0 Å². The van der Waals surface area contributed by atoms with E-state index in [0.29, 0.717) is 43.1 Å². The quantitative estimate of drug-likeness (QED) is 0.512. The van der Waals surface area contributed by atoms with Crippen molar-refractivity contribution in [3.63, 3.8) is 0 Å². The Morgan fingerprint density at radius 2 is 2.15 bits per heavy atom. The summed E-state index contributed by atoms with van der Waals surface area (Å²) in [5.74, 6) is 8.44. The molecule has 0 amide bonds. The van der Waals surface area contributed by atoms with E-state index >= 15 is 0 Å². The third kappa shape index (κ3) is 3.90. The van der Waals surface area contributed by atoms with Gasteiger partial charge in [-0.3, -0.25) is 0 Å². The lowest BCUT2D eigenvalue weighted by atomic mass is 10.4. The lowest BCUT2D eigenvalue weighted by Crippen LogP contribution is -2.13. The molecule has 0 atom stereocenters. The highest BCUT2D eigenvalue weighted by Gasteiger charge is 2.06. The molecule has 0 unspecified atom stereocenters. The molecule has 8 nitrogen and oxygen atoms in total. The molecule has 2 rings (SSSR count). The maximum Gasteiger partial charge on any atom is 0.213 e. The van der Waals surface area contributed by atoms with Crippen LogP contribution in [0.4, 0.5) is 11.6 Å². The van der Waals surface area contributed by atoms with Gasteiger partial charge < -0.3 is 19.9 Å². The van der Waals surface area contributed by atoms with Crippen LogP contribution in [0.15, 0.2) is 16.7 Å². The number of hydrogen-bond donors (Lipinski definition) is 3. The van der Waals surface area contributed by atoms with Crippen molar-refractivity contribution in [2.75, 3.05) is 17.3 Å².